The van der Waals surface area contributed by atoms with Crippen molar-refractivity contribution in [2.75, 3.05) is 16.4 Å². The van der Waals surface area contributed by atoms with Crippen molar-refractivity contribution in [2.24, 2.45) is 0 Å². The molecule has 4 rings (SSSR count). The number of amides is 2. The highest BCUT2D eigenvalue weighted by Gasteiger charge is 2.35. The van der Waals surface area contributed by atoms with E-state index in [1.165, 1.54) is 4.90 Å². The number of carbonyl (C=O) groups is 2. The van der Waals surface area contributed by atoms with E-state index in [1.807, 2.05) is 60.7 Å². The van der Waals surface area contributed by atoms with Crippen LogP contribution in [0.15, 0.2) is 78.9 Å². The van der Waals surface area contributed by atoms with Gasteiger partial charge in [-0.2, -0.15) is 0 Å². The lowest BCUT2D eigenvalue weighted by Crippen LogP contribution is -2.52. The first-order valence-electron chi connectivity index (χ1n) is 9.69. The highest BCUT2D eigenvalue weighted by molar-refractivity contribution is 6.31. The molecule has 0 N–H and O–H groups in total. The second kappa shape index (κ2) is 8.59. The number of fused-ring (bicyclic) bond motifs is 1. The van der Waals surface area contributed by atoms with Crippen LogP contribution in [0, 0.1) is 0 Å². The van der Waals surface area contributed by atoms with Gasteiger partial charge < -0.3 is 9.64 Å². The van der Waals surface area contributed by atoms with Crippen LogP contribution in [0.2, 0.25) is 5.02 Å². The van der Waals surface area contributed by atoms with E-state index >= 15 is 0 Å². The number of nitrogens with zero attached hydrogens (tertiary/aromatic N) is 2. The summed E-state index contributed by atoms with van der Waals surface area (Å²) in [5, 5.41) is 0.473. The highest BCUT2D eigenvalue weighted by atomic mass is 35.5. The van der Waals surface area contributed by atoms with Crippen molar-refractivity contribution in [3.8, 4) is 5.75 Å². The van der Waals surface area contributed by atoms with Gasteiger partial charge in [-0.15, -0.1) is 0 Å². The smallest absolute Gasteiger partial charge is 0.265 e. The molecule has 1 heterocycles. The van der Waals surface area contributed by atoms with Crippen LogP contribution in [0.1, 0.15) is 12.5 Å². The van der Waals surface area contributed by atoms with E-state index in [0.717, 1.165) is 11.3 Å². The summed E-state index contributed by atoms with van der Waals surface area (Å²) in [4.78, 5) is 29.5. The molecule has 0 saturated carbocycles. The first-order valence-corrected chi connectivity index (χ1v) is 10.1. The Morgan fingerprint density at radius 3 is 2.43 bits per heavy atom. The maximum Gasteiger partial charge on any atom is 0.265 e. The Balaban J connectivity index is 1.69. The molecule has 1 aliphatic heterocycles. The predicted octanol–water partition coefficient (Wildman–Crippen LogP) is 4.69. The van der Waals surface area contributed by atoms with Crippen molar-refractivity contribution in [1.82, 2.24) is 0 Å². The van der Waals surface area contributed by atoms with E-state index in [1.54, 1.807) is 30.0 Å². The van der Waals surface area contributed by atoms with E-state index in [0.29, 0.717) is 23.0 Å². The molecule has 1 atom stereocenters. The number of para-hydroxylation sites is 1. The Morgan fingerprint density at radius 2 is 1.73 bits per heavy atom. The predicted molar refractivity (Wildman–Crippen MR) is 118 cm³/mol. The number of rotatable bonds is 5. The largest absolute Gasteiger partial charge is 0.482 e. The van der Waals surface area contributed by atoms with Crippen LogP contribution in [-0.4, -0.2) is 24.5 Å². The molecule has 152 valence electrons. The molecule has 0 aromatic heterocycles. The van der Waals surface area contributed by atoms with Crippen molar-refractivity contribution in [1.29, 1.82) is 0 Å². The van der Waals surface area contributed by atoms with Gasteiger partial charge in [0.05, 0.1) is 12.2 Å². The Kier molecular flexibility index (Phi) is 5.72. The van der Waals surface area contributed by atoms with Gasteiger partial charge in [-0.05, 0) is 42.8 Å². The zero-order chi connectivity index (χ0) is 21.1. The molecule has 6 heteroatoms. The summed E-state index contributed by atoms with van der Waals surface area (Å²) in [6.07, 6.45) is 0. The van der Waals surface area contributed by atoms with Gasteiger partial charge in [-0.3, -0.25) is 14.5 Å². The zero-order valence-corrected chi connectivity index (χ0v) is 17.3. The quantitative estimate of drug-likeness (QED) is 0.601. The van der Waals surface area contributed by atoms with Gasteiger partial charge in [-0.1, -0.05) is 60.1 Å². The fraction of sp³-hybridized carbons (Fsp3) is 0.167. The minimum atomic E-state index is -0.734. The summed E-state index contributed by atoms with van der Waals surface area (Å²) < 4.78 is 5.52. The number of anilines is 2. The maximum atomic E-state index is 13.6. The third-order valence-corrected chi connectivity index (χ3v) is 5.30. The topological polar surface area (TPSA) is 49.9 Å². The van der Waals surface area contributed by atoms with Crippen LogP contribution in [-0.2, 0) is 16.1 Å². The van der Waals surface area contributed by atoms with Gasteiger partial charge >= 0.3 is 0 Å². The lowest BCUT2D eigenvalue weighted by atomic mass is 10.1. The lowest BCUT2D eigenvalue weighted by Gasteiger charge is -2.36. The summed E-state index contributed by atoms with van der Waals surface area (Å²) in [5.74, 6) is 0.0672. The lowest BCUT2D eigenvalue weighted by molar-refractivity contribution is -0.126. The second-order valence-corrected chi connectivity index (χ2v) is 7.52. The summed E-state index contributed by atoms with van der Waals surface area (Å²) in [7, 11) is 0. The van der Waals surface area contributed by atoms with Gasteiger partial charge in [0, 0.05) is 10.7 Å². The van der Waals surface area contributed by atoms with E-state index < -0.39 is 6.04 Å². The molecule has 0 saturated heterocycles. The molecule has 2 amide bonds. The van der Waals surface area contributed by atoms with Crippen LogP contribution < -0.4 is 14.5 Å². The van der Waals surface area contributed by atoms with Gasteiger partial charge in [-0.25, -0.2) is 0 Å². The summed E-state index contributed by atoms with van der Waals surface area (Å²) >= 11 is 6.15. The molecule has 3 aromatic rings. The van der Waals surface area contributed by atoms with Crippen molar-refractivity contribution in [3.63, 3.8) is 0 Å². The Labute approximate surface area is 180 Å². The Hall–Kier alpha value is -3.31. The van der Waals surface area contributed by atoms with Gasteiger partial charge in [0.1, 0.15) is 11.8 Å². The molecule has 30 heavy (non-hydrogen) atoms. The average molecular weight is 421 g/mol. The molecule has 3 aromatic carbocycles. The zero-order valence-electron chi connectivity index (χ0n) is 16.5. The molecular weight excluding hydrogens is 400 g/mol. The number of hydrogen-bond acceptors (Lipinski definition) is 3. The van der Waals surface area contributed by atoms with Crippen molar-refractivity contribution in [2.45, 2.75) is 19.5 Å². The number of hydrogen-bond donors (Lipinski definition) is 0. The number of carbonyl (C=O) groups excluding carboxylic acids is 2. The fourth-order valence-electron chi connectivity index (χ4n) is 3.58. The molecule has 1 unspecified atom stereocenters. The molecule has 0 radical (unpaired) electrons. The molecular formula is C24H21ClN2O3. The van der Waals surface area contributed by atoms with E-state index in [-0.39, 0.29) is 18.4 Å². The molecule has 0 aliphatic carbocycles. The van der Waals surface area contributed by atoms with E-state index in [9.17, 15) is 9.59 Å². The standard InChI is InChI=1S/C24H21ClN2O3/c1-17(27-21-14-19(25)12-13-22(21)30-16-23(27)28)24(29)26(20-10-6-3-7-11-20)15-18-8-4-2-5-9-18/h2-14,17H,15-16H2,1H3. The average Bonchev–Trinajstić information content (AvgIpc) is 2.78. The normalized spacial score (nSPS) is 13.9. The summed E-state index contributed by atoms with van der Waals surface area (Å²) in [6.45, 7) is 2.02. The Morgan fingerprint density at radius 1 is 1.07 bits per heavy atom. The van der Waals surface area contributed by atoms with Gasteiger partial charge in [0.2, 0.25) is 5.91 Å². The third kappa shape index (κ3) is 4.02. The van der Waals surface area contributed by atoms with Gasteiger partial charge in [0.25, 0.3) is 5.91 Å². The number of benzene rings is 3. The summed E-state index contributed by atoms with van der Waals surface area (Å²) in [6, 6.07) is 23.6. The SMILES string of the molecule is CC(C(=O)N(Cc1ccccc1)c1ccccc1)N1C(=O)COc2ccc(Cl)cc21. The van der Waals surface area contributed by atoms with Gasteiger partial charge in [0.15, 0.2) is 6.61 Å². The highest BCUT2D eigenvalue weighted by Crippen LogP contribution is 2.36. The number of halogens is 1. The molecule has 0 fully saturated rings. The minimum Gasteiger partial charge on any atom is -0.482 e. The summed E-state index contributed by atoms with van der Waals surface area (Å²) in [5.41, 5.74) is 2.27. The Bertz CT molecular complexity index is 1060. The van der Waals surface area contributed by atoms with Crippen molar-refractivity contribution in [3.05, 3.63) is 89.4 Å². The third-order valence-electron chi connectivity index (χ3n) is 5.06. The van der Waals surface area contributed by atoms with Crippen LogP contribution in [0.25, 0.3) is 0 Å². The molecule has 5 nitrogen and oxygen atoms in total. The van der Waals surface area contributed by atoms with Crippen LogP contribution >= 0.6 is 11.6 Å². The maximum absolute atomic E-state index is 13.6. The fourth-order valence-corrected chi connectivity index (χ4v) is 3.74. The van der Waals surface area contributed by atoms with Crippen LogP contribution in [0.5, 0.6) is 5.75 Å². The molecule has 0 spiro atoms. The minimum absolute atomic E-state index is 0.115. The van der Waals surface area contributed by atoms with Crippen LogP contribution in [0.4, 0.5) is 11.4 Å². The molecule has 1 aliphatic rings. The van der Waals surface area contributed by atoms with E-state index in [4.69, 9.17) is 16.3 Å². The van der Waals surface area contributed by atoms with Crippen molar-refractivity contribution >= 4 is 34.8 Å². The van der Waals surface area contributed by atoms with Crippen molar-refractivity contribution < 1.29 is 14.3 Å². The first kappa shape index (κ1) is 20.0. The number of ether oxygens (including phenoxy) is 1. The van der Waals surface area contributed by atoms with E-state index in [2.05, 4.69) is 0 Å². The van der Waals surface area contributed by atoms with Crippen LogP contribution in [0.3, 0.4) is 0 Å². The first-order chi connectivity index (χ1) is 14.5. The second-order valence-electron chi connectivity index (χ2n) is 7.09. The molecule has 0 bridgehead atoms. The monoisotopic (exact) mass is 420 g/mol.